The Balaban J connectivity index is 1.53. The average Bonchev–Trinajstić information content (AvgIpc) is 2.97. The van der Waals surface area contributed by atoms with Crippen LogP contribution in [0.1, 0.15) is 67.8 Å². The van der Waals surface area contributed by atoms with E-state index in [4.69, 9.17) is 9.47 Å². The molecular formula is C33H38N2O5. The number of phenols is 1. The number of hydrogen-bond donors (Lipinski definition) is 2. The molecule has 2 N–H and O–H groups in total. The van der Waals surface area contributed by atoms with Gasteiger partial charge in [0.05, 0.1) is 12.6 Å². The molecule has 7 heteroatoms. The average molecular weight is 543 g/mol. The van der Waals surface area contributed by atoms with Crippen molar-refractivity contribution in [3.05, 3.63) is 82.9 Å². The van der Waals surface area contributed by atoms with Crippen LogP contribution in [0.15, 0.2) is 60.7 Å². The molecule has 2 amide bonds. The van der Waals surface area contributed by atoms with Crippen LogP contribution in [-0.4, -0.2) is 41.5 Å². The highest BCUT2D eigenvalue weighted by molar-refractivity contribution is 5.80. The molecule has 3 aromatic carbocycles. The lowest BCUT2D eigenvalue weighted by Crippen LogP contribution is -2.43. The van der Waals surface area contributed by atoms with E-state index in [1.807, 2.05) is 53.4 Å². The lowest BCUT2D eigenvalue weighted by Gasteiger charge is -2.39. The molecule has 5 aliphatic heterocycles. The number of phenolic OH excluding ortho intramolecular Hbond substituents is 1. The van der Waals surface area contributed by atoms with Crippen molar-refractivity contribution in [3.63, 3.8) is 0 Å². The summed E-state index contributed by atoms with van der Waals surface area (Å²) in [7, 11) is 0. The second-order valence-electron chi connectivity index (χ2n) is 10.6. The van der Waals surface area contributed by atoms with E-state index in [9.17, 15) is 14.7 Å². The summed E-state index contributed by atoms with van der Waals surface area (Å²) in [5.74, 6) is 1.94. The van der Waals surface area contributed by atoms with Crippen molar-refractivity contribution < 1.29 is 24.2 Å². The van der Waals surface area contributed by atoms with Gasteiger partial charge in [0.1, 0.15) is 11.5 Å². The van der Waals surface area contributed by atoms with Crippen LogP contribution in [0.25, 0.3) is 0 Å². The molecule has 8 bridgehead atoms. The van der Waals surface area contributed by atoms with Gasteiger partial charge in [-0.3, -0.25) is 9.59 Å². The Morgan fingerprint density at radius 2 is 1.77 bits per heavy atom. The quantitative estimate of drug-likeness (QED) is 0.429. The maximum Gasteiger partial charge on any atom is 0.226 e. The first-order chi connectivity index (χ1) is 19.5. The summed E-state index contributed by atoms with van der Waals surface area (Å²) in [5, 5.41) is 13.4. The van der Waals surface area contributed by atoms with Crippen LogP contribution in [0, 0.1) is 5.92 Å². The monoisotopic (exact) mass is 542 g/mol. The first-order valence-electron chi connectivity index (χ1n) is 14.4. The number of amides is 2. The molecule has 5 heterocycles. The van der Waals surface area contributed by atoms with E-state index in [2.05, 4.69) is 19.2 Å². The van der Waals surface area contributed by atoms with Crippen molar-refractivity contribution in [2.75, 3.05) is 19.7 Å². The summed E-state index contributed by atoms with van der Waals surface area (Å²) in [6.07, 6.45) is 3.93. The maximum absolute atomic E-state index is 13.7. The van der Waals surface area contributed by atoms with E-state index >= 15 is 0 Å². The van der Waals surface area contributed by atoms with Gasteiger partial charge in [-0.25, -0.2) is 0 Å². The minimum Gasteiger partial charge on any atom is -0.504 e. The molecule has 0 aliphatic carbocycles. The predicted molar refractivity (Wildman–Crippen MR) is 154 cm³/mol. The van der Waals surface area contributed by atoms with E-state index in [1.165, 1.54) is 0 Å². The van der Waals surface area contributed by atoms with Crippen LogP contribution in [0.2, 0.25) is 0 Å². The number of ether oxygens (including phenoxy) is 2. The number of benzene rings is 3. The van der Waals surface area contributed by atoms with Crippen molar-refractivity contribution in [2.45, 2.75) is 58.4 Å². The molecule has 40 heavy (non-hydrogen) atoms. The molecule has 1 atom stereocenters. The van der Waals surface area contributed by atoms with Crippen LogP contribution in [-0.2, 0) is 22.4 Å². The van der Waals surface area contributed by atoms with Gasteiger partial charge in [-0.15, -0.1) is 0 Å². The Labute approximate surface area is 236 Å². The normalized spacial score (nSPS) is 17.5. The Hall–Kier alpha value is -4.00. The highest BCUT2D eigenvalue weighted by Crippen LogP contribution is 2.40. The first kappa shape index (κ1) is 27.6. The summed E-state index contributed by atoms with van der Waals surface area (Å²) < 4.78 is 12.1. The fourth-order valence-electron chi connectivity index (χ4n) is 5.64. The van der Waals surface area contributed by atoms with Gasteiger partial charge in [0.2, 0.25) is 11.8 Å². The zero-order chi connectivity index (χ0) is 28.1. The van der Waals surface area contributed by atoms with E-state index in [0.29, 0.717) is 50.5 Å². The molecule has 0 spiro atoms. The molecule has 0 radical (unpaired) electrons. The van der Waals surface area contributed by atoms with Gasteiger partial charge in [0.15, 0.2) is 11.5 Å². The minimum atomic E-state index is -0.207. The fraction of sp³-hybridized carbons (Fsp3) is 0.394. The number of carbonyl (C=O) groups excluding carboxylic acids is 2. The third-order valence-corrected chi connectivity index (χ3v) is 7.96. The number of aromatic hydroxyl groups is 1. The van der Waals surface area contributed by atoms with Crippen molar-refractivity contribution in [1.29, 1.82) is 0 Å². The molecule has 1 unspecified atom stereocenters. The van der Waals surface area contributed by atoms with Crippen LogP contribution >= 0.6 is 0 Å². The van der Waals surface area contributed by atoms with Crippen molar-refractivity contribution >= 4 is 11.8 Å². The lowest BCUT2D eigenvalue weighted by molar-refractivity contribution is -0.138. The molecule has 7 nitrogen and oxygen atoms in total. The smallest absolute Gasteiger partial charge is 0.226 e. The third kappa shape index (κ3) is 6.09. The summed E-state index contributed by atoms with van der Waals surface area (Å²) in [6.45, 7) is 5.80. The summed E-state index contributed by atoms with van der Waals surface area (Å²) in [6, 6.07) is 19.0. The minimum absolute atomic E-state index is 0.00681. The highest BCUT2D eigenvalue weighted by atomic mass is 16.5. The molecule has 0 saturated heterocycles. The maximum atomic E-state index is 13.7. The molecule has 5 aliphatic rings. The number of aryl methyl sites for hydroxylation is 1. The largest absolute Gasteiger partial charge is 0.504 e. The number of nitrogens with zero attached hydrogens (tertiary/aromatic N) is 1. The highest BCUT2D eigenvalue weighted by Gasteiger charge is 2.34. The third-order valence-electron chi connectivity index (χ3n) is 7.96. The summed E-state index contributed by atoms with van der Waals surface area (Å²) in [4.78, 5) is 28.0. The fourth-order valence-corrected chi connectivity index (χ4v) is 5.64. The molecule has 8 rings (SSSR count). The SMILES string of the molecule is CCC(CC)C(=O)N1CCc2cc3ccc2C1c1ccc(cc1)OCCCNC(=O)CCc1ccc(O)c(c1)O3. The Morgan fingerprint density at radius 1 is 1.00 bits per heavy atom. The zero-order valence-electron chi connectivity index (χ0n) is 23.3. The predicted octanol–water partition coefficient (Wildman–Crippen LogP) is 5.93. The lowest BCUT2D eigenvalue weighted by atomic mass is 9.86. The number of carbonyl (C=O) groups is 2. The second kappa shape index (κ2) is 12.5. The van der Waals surface area contributed by atoms with Gasteiger partial charge in [-0.1, -0.05) is 38.1 Å². The van der Waals surface area contributed by atoms with Crippen LogP contribution in [0.3, 0.4) is 0 Å². The van der Waals surface area contributed by atoms with Crippen LogP contribution < -0.4 is 14.8 Å². The number of hydrogen-bond acceptors (Lipinski definition) is 5. The van der Waals surface area contributed by atoms with Crippen molar-refractivity contribution in [3.8, 4) is 23.0 Å². The van der Waals surface area contributed by atoms with Crippen molar-refractivity contribution in [2.24, 2.45) is 5.92 Å². The number of rotatable bonds is 3. The Morgan fingerprint density at radius 3 is 2.55 bits per heavy atom. The van der Waals surface area contributed by atoms with Gasteiger partial charge in [-0.05, 0) is 90.8 Å². The Bertz CT molecular complexity index is 1350. The molecule has 0 aromatic heterocycles. The van der Waals surface area contributed by atoms with E-state index < -0.39 is 0 Å². The summed E-state index contributed by atoms with van der Waals surface area (Å²) in [5.41, 5.74) is 4.15. The molecule has 210 valence electrons. The molecule has 3 aromatic rings. The molecule has 0 fully saturated rings. The number of nitrogens with one attached hydrogen (secondary N) is 1. The van der Waals surface area contributed by atoms with Crippen molar-refractivity contribution in [1.82, 2.24) is 10.2 Å². The van der Waals surface area contributed by atoms with E-state index in [0.717, 1.165) is 47.3 Å². The summed E-state index contributed by atoms with van der Waals surface area (Å²) >= 11 is 0. The van der Waals surface area contributed by atoms with E-state index in [1.54, 1.807) is 12.1 Å². The second-order valence-corrected chi connectivity index (χ2v) is 10.6. The Kier molecular flexibility index (Phi) is 8.58. The van der Waals surface area contributed by atoms with Gasteiger partial charge in [-0.2, -0.15) is 0 Å². The van der Waals surface area contributed by atoms with Gasteiger partial charge in [0, 0.05) is 25.4 Å². The zero-order valence-corrected chi connectivity index (χ0v) is 23.3. The van der Waals surface area contributed by atoms with Crippen LogP contribution in [0.5, 0.6) is 23.0 Å². The first-order valence-corrected chi connectivity index (χ1v) is 14.4. The molecular weight excluding hydrogens is 504 g/mol. The van der Waals surface area contributed by atoms with E-state index in [-0.39, 0.29) is 29.5 Å². The van der Waals surface area contributed by atoms with Gasteiger partial charge in [0.25, 0.3) is 0 Å². The van der Waals surface area contributed by atoms with Gasteiger partial charge >= 0.3 is 0 Å². The topological polar surface area (TPSA) is 88.1 Å². The standard InChI is InChI=1S/C33H38N2O5/c1-3-23(4-2)33(38)35-18-16-25-21-27-12-13-28(25)32(35)24-8-10-26(11-9-24)39-19-5-17-34-31(37)15-7-22-6-14-29(36)30(20-22)40-27/h6,8-14,20-21,23,32,36H,3-5,7,15-19H2,1-2H3,(H,34,37). The van der Waals surface area contributed by atoms with Gasteiger partial charge < -0.3 is 24.8 Å². The molecule has 0 saturated carbocycles. The van der Waals surface area contributed by atoms with Crippen LogP contribution in [0.4, 0.5) is 0 Å².